The Bertz CT molecular complexity index is 537. The normalized spacial score (nSPS) is 12.7. The maximum absolute atomic E-state index is 6.02. The summed E-state index contributed by atoms with van der Waals surface area (Å²) in [5, 5.41) is 3.97. The lowest BCUT2D eigenvalue weighted by Crippen LogP contribution is -2.13. The molecule has 19 heavy (non-hydrogen) atoms. The first-order chi connectivity index (χ1) is 9.10. The molecule has 2 rings (SSSR count). The highest BCUT2D eigenvalue weighted by Crippen LogP contribution is 2.23. The van der Waals surface area contributed by atoms with Gasteiger partial charge in [-0.2, -0.15) is 4.98 Å². The third-order valence-electron chi connectivity index (χ3n) is 2.81. The van der Waals surface area contributed by atoms with Crippen molar-refractivity contribution in [1.82, 2.24) is 10.1 Å². The first-order valence-corrected chi connectivity index (χ1v) is 6.33. The summed E-state index contributed by atoms with van der Waals surface area (Å²) in [5.41, 5.74) is 6.88. The Hall–Kier alpha value is -1.88. The molecule has 5 nitrogen and oxygen atoms in total. The third kappa shape index (κ3) is 3.32. The van der Waals surface area contributed by atoms with Crippen LogP contribution in [0, 0.1) is 5.92 Å². The van der Waals surface area contributed by atoms with Gasteiger partial charge in [0.05, 0.1) is 13.2 Å². The van der Waals surface area contributed by atoms with E-state index in [0.717, 1.165) is 17.7 Å². The molecule has 0 bridgehead atoms. The summed E-state index contributed by atoms with van der Waals surface area (Å²) in [7, 11) is 1.62. The van der Waals surface area contributed by atoms with Crippen LogP contribution in [0.2, 0.25) is 0 Å². The number of hydrogen-bond donors (Lipinski definition) is 1. The predicted molar refractivity (Wildman–Crippen MR) is 72.7 cm³/mol. The molecule has 102 valence electrons. The van der Waals surface area contributed by atoms with Gasteiger partial charge >= 0.3 is 0 Å². The molecule has 0 amide bonds. The molecule has 2 aromatic rings. The quantitative estimate of drug-likeness (QED) is 0.895. The second kappa shape index (κ2) is 5.84. The summed E-state index contributed by atoms with van der Waals surface area (Å²) in [6.07, 6.45) is 0.819. The van der Waals surface area contributed by atoms with Gasteiger partial charge in [0.15, 0.2) is 0 Å². The Morgan fingerprint density at radius 3 is 2.84 bits per heavy atom. The van der Waals surface area contributed by atoms with Crippen LogP contribution >= 0.6 is 0 Å². The van der Waals surface area contributed by atoms with Crippen molar-refractivity contribution in [2.24, 2.45) is 11.7 Å². The number of ether oxygens (including phenoxy) is 1. The first kappa shape index (κ1) is 13.5. The molecule has 5 heteroatoms. The van der Waals surface area contributed by atoms with Gasteiger partial charge in [-0.15, -0.1) is 0 Å². The van der Waals surface area contributed by atoms with E-state index < -0.39 is 0 Å². The zero-order valence-electron chi connectivity index (χ0n) is 11.5. The van der Waals surface area contributed by atoms with E-state index in [1.165, 1.54) is 0 Å². The van der Waals surface area contributed by atoms with Gasteiger partial charge in [-0.3, -0.25) is 0 Å². The molecule has 0 unspecified atom stereocenters. The standard InChI is InChI=1S/C14H19N3O2/c1-9(2)7-12(15)14-16-13(17-19-14)10-5-4-6-11(8-10)18-3/h4-6,8-9,12H,7,15H2,1-3H3/t12-/m1/s1. The number of nitrogens with zero attached hydrogens (tertiary/aromatic N) is 2. The van der Waals surface area contributed by atoms with Crippen molar-refractivity contribution in [2.75, 3.05) is 7.11 Å². The van der Waals surface area contributed by atoms with Crippen LogP contribution < -0.4 is 10.5 Å². The second-order valence-corrected chi connectivity index (χ2v) is 4.92. The number of benzene rings is 1. The van der Waals surface area contributed by atoms with Crippen molar-refractivity contribution in [3.05, 3.63) is 30.2 Å². The molecule has 1 heterocycles. The van der Waals surface area contributed by atoms with E-state index in [4.69, 9.17) is 15.0 Å². The Labute approximate surface area is 112 Å². The van der Waals surface area contributed by atoms with Crippen molar-refractivity contribution >= 4 is 0 Å². The fourth-order valence-electron chi connectivity index (χ4n) is 1.87. The molecule has 0 radical (unpaired) electrons. The lowest BCUT2D eigenvalue weighted by atomic mass is 10.0. The summed E-state index contributed by atoms with van der Waals surface area (Å²) in [4.78, 5) is 4.35. The van der Waals surface area contributed by atoms with Crippen molar-refractivity contribution in [1.29, 1.82) is 0 Å². The van der Waals surface area contributed by atoms with Gasteiger partial charge < -0.3 is 15.0 Å². The monoisotopic (exact) mass is 261 g/mol. The Balaban J connectivity index is 2.20. The highest BCUT2D eigenvalue weighted by molar-refractivity contribution is 5.56. The summed E-state index contributed by atoms with van der Waals surface area (Å²) in [6, 6.07) is 7.31. The molecule has 1 aromatic heterocycles. The third-order valence-corrected chi connectivity index (χ3v) is 2.81. The van der Waals surface area contributed by atoms with Gasteiger partial charge in [-0.25, -0.2) is 0 Å². The molecular formula is C14H19N3O2. The van der Waals surface area contributed by atoms with Crippen molar-refractivity contribution in [3.8, 4) is 17.1 Å². The molecule has 0 aliphatic carbocycles. The van der Waals surface area contributed by atoms with E-state index in [-0.39, 0.29) is 6.04 Å². The van der Waals surface area contributed by atoms with Gasteiger partial charge in [0.1, 0.15) is 5.75 Å². The van der Waals surface area contributed by atoms with E-state index in [2.05, 4.69) is 24.0 Å². The van der Waals surface area contributed by atoms with Crippen LogP contribution in [0.5, 0.6) is 5.75 Å². The van der Waals surface area contributed by atoms with Crippen LogP contribution in [0.15, 0.2) is 28.8 Å². The maximum Gasteiger partial charge on any atom is 0.243 e. The molecule has 1 atom stereocenters. The molecule has 1 aromatic carbocycles. The summed E-state index contributed by atoms with van der Waals surface area (Å²) in [6.45, 7) is 4.22. The minimum atomic E-state index is -0.216. The minimum absolute atomic E-state index is 0.216. The Morgan fingerprint density at radius 1 is 1.37 bits per heavy atom. The second-order valence-electron chi connectivity index (χ2n) is 4.92. The van der Waals surface area contributed by atoms with E-state index in [1.54, 1.807) is 7.11 Å². The van der Waals surface area contributed by atoms with E-state index in [1.807, 2.05) is 24.3 Å². The number of rotatable bonds is 5. The predicted octanol–water partition coefficient (Wildman–Crippen LogP) is 2.79. The van der Waals surface area contributed by atoms with Crippen LogP contribution in [0.1, 0.15) is 32.2 Å². The number of hydrogen-bond acceptors (Lipinski definition) is 5. The minimum Gasteiger partial charge on any atom is -0.497 e. The molecule has 0 aliphatic rings. The fourth-order valence-corrected chi connectivity index (χ4v) is 1.87. The van der Waals surface area contributed by atoms with Crippen molar-refractivity contribution in [2.45, 2.75) is 26.3 Å². The van der Waals surface area contributed by atoms with Crippen LogP contribution in [0.25, 0.3) is 11.4 Å². The zero-order chi connectivity index (χ0) is 13.8. The van der Waals surface area contributed by atoms with Crippen LogP contribution in [-0.4, -0.2) is 17.3 Å². The smallest absolute Gasteiger partial charge is 0.243 e. The first-order valence-electron chi connectivity index (χ1n) is 6.33. The maximum atomic E-state index is 6.02. The highest BCUT2D eigenvalue weighted by atomic mass is 16.5. The van der Waals surface area contributed by atoms with E-state index >= 15 is 0 Å². The van der Waals surface area contributed by atoms with Gasteiger partial charge in [-0.1, -0.05) is 31.1 Å². The fraction of sp³-hybridized carbons (Fsp3) is 0.429. The topological polar surface area (TPSA) is 74.2 Å². The summed E-state index contributed by atoms with van der Waals surface area (Å²) < 4.78 is 10.4. The van der Waals surface area contributed by atoms with Gasteiger partial charge in [0.2, 0.25) is 11.7 Å². The Kier molecular flexibility index (Phi) is 4.16. The van der Waals surface area contributed by atoms with Crippen LogP contribution in [0.4, 0.5) is 0 Å². The van der Waals surface area contributed by atoms with Gasteiger partial charge in [0.25, 0.3) is 0 Å². The van der Waals surface area contributed by atoms with Crippen LogP contribution in [0.3, 0.4) is 0 Å². The lowest BCUT2D eigenvalue weighted by Gasteiger charge is -2.08. The highest BCUT2D eigenvalue weighted by Gasteiger charge is 2.17. The lowest BCUT2D eigenvalue weighted by molar-refractivity contribution is 0.335. The molecule has 0 spiro atoms. The van der Waals surface area contributed by atoms with Crippen molar-refractivity contribution in [3.63, 3.8) is 0 Å². The molecule has 0 saturated carbocycles. The molecule has 2 N–H and O–H groups in total. The largest absolute Gasteiger partial charge is 0.497 e. The average molecular weight is 261 g/mol. The summed E-state index contributed by atoms with van der Waals surface area (Å²) in [5.74, 6) is 2.26. The summed E-state index contributed by atoms with van der Waals surface area (Å²) >= 11 is 0. The molecule has 0 fully saturated rings. The average Bonchev–Trinajstić information content (AvgIpc) is 2.88. The van der Waals surface area contributed by atoms with E-state index in [0.29, 0.717) is 17.6 Å². The number of nitrogens with two attached hydrogens (primary N) is 1. The number of aromatic nitrogens is 2. The number of methoxy groups -OCH3 is 1. The van der Waals surface area contributed by atoms with Crippen LogP contribution in [-0.2, 0) is 0 Å². The van der Waals surface area contributed by atoms with Crippen molar-refractivity contribution < 1.29 is 9.26 Å². The van der Waals surface area contributed by atoms with E-state index in [9.17, 15) is 0 Å². The zero-order valence-corrected chi connectivity index (χ0v) is 11.5. The molecule has 0 aliphatic heterocycles. The molecular weight excluding hydrogens is 242 g/mol. The Morgan fingerprint density at radius 2 is 2.16 bits per heavy atom. The SMILES string of the molecule is COc1cccc(-c2noc([C@H](N)CC(C)C)n2)c1. The van der Waals surface area contributed by atoms with Gasteiger partial charge in [0, 0.05) is 5.56 Å². The van der Waals surface area contributed by atoms with Gasteiger partial charge in [-0.05, 0) is 24.5 Å². The molecule has 0 saturated heterocycles.